The van der Waals surface area contributed by atoms with Crippen molar-refractivity contribution >= 4 is 5.96 Å². The highest BCUT2D eigenvalue weighted by atomic mass is 15.3. The largest absolute Gasteiger partial charge is 0.356 e. The summed E-state index contributed by atoms with van der Waals surface area (Å²) in [6.45, 7) is 7.53. The zero-order chi connectivity index (χ0) is 18.4. The van der Waals surface area contributed by atoms with Gasteiger partial charge in [-0.15, -0.1) is 10.2 Å². The summed E-state index contributed by atoms with van der Waals surface area (Å²) >= 11 is 0. The Kier molecular flexibility index (Phi) is 6.25. The van der Waals surface area contributed by atoms with Crippen LogP contribution < -0.4 is 10.6 Å². The number of aliphatic imine (C=N–C) groups is 1. The first kappa shape index (κ1) is 18.4. The van der Waals surface area contributed by atoms with E-state index in [0.29, 0.717) is 6.54 Å². The minimum absolute atomic E-state index is 0.643. The third-order valence-electron chi connectivity index (χ3n) is 4.77. The maximum absolute atomic E-state index is 4.49. The van der Waals surface area contributed by atoms with E-state index in [1.54, 1.807) is 7.05 Å². The van der Waals surface area contributed by atoms with Crippen LogP contribution in [0.4, 0.5) is 0 Å². The summed E-state index contributed by atoms with van der Waals surface area (Å²) in [5, 5.41) is 19.9. The number of nitrogens with zero attached hydrogens (tertiary/aromatic N) is 6. The van der Waals surface area contributed by atoms with Gasteiger partial charge in [-0.1, -0.05) is 6.42 Å². The lowest BCUT2D eigenvalue weighted by Gasteiger charge is -2.13. The minimum atomic E-state index is 0.643. The number of aromatic nitrogens is 5. The van der Waals surface area contributed by atoms with Crippen molar-refractivity contribution < 1.29 is 0 Å². The lowest BCUT2D eigenvalue weighted by atomic mass is 10.2. The van der Waals surface area contributed by atoms with Crippen LogP contribution in [0.25, 0.3) is 0 Å². The molecule has 3 heterocycles. The molecular formula is C18H30N8. The molecule has 3 rings (SSSR count). The topological polar surface area (TPSA) is 84.9 Å². The van der Waals surface area contributed by atoms with Gasteiger partial charge >= 0.3 is 0 Å². The highest BCUT2D eigenvalue weighted by Crippen LogP contribution is 2.14. The number of rotatable bonds is 6. The van der Waals surface area contributed by atoms with Gasteiger partial charge in [0.25, 0.3) is 0 Å². The maximum Gasteiger partial charge on any atom is 0.191 e. The lowest BCUT2D eigenvalue weighted by Crippen LogP contribution is -2.38. The standard InChI is InChI=1S/C18H30N8/c1-14-12-15(2)26(24-14)11-7-9-20-18(19-3)21-13-17-23-22-16-8-5-4-6-10-25(16)17/h12H,4-11,13H2,1-3H3,(H2,19,20,21). The number of hydrogen-bond acceptors (Lipinski definition) is 4. The Morgan fingerprint density at radius 2 is 2.08 bits per heavy atom. The zero-order valence-corrected chi connectivity index (χ0v) is 16.1. The Hall–Kier alpha value is -2.38. The van der Waals surface area contributed by atoms with Crippen LogP contribution in [0.5, 0.6) is 0 Å². The molecule has 8 nitrogen and oxygen atoms in total. The third-order valence-corrected chi connectivity index (χ3v) is 4.77. The SMILES string of the molecule is CN=C(NCCCn1nc(C)cc1C)NCc1nnc2n1CCCCC2. The highest BCUT2D eigenvalue weighted by Gasteiger charge is 2.14. The zero-order valence-electron chi connectivity index (χ0n) is 16.1. The number of nitrogens with one attached hydrogen (secondary N) is 2. The molecule has 0 bridgehead atoms. The van der Waals surface area contributed by atoms with Crippen LogP contribution in [0.1, 0.15) is 48.7 Å². The van der Waals surface area contributed by atoms with Crippen LogP contribution in [0.3, 0.4) is 0 Å². The molecule has 142 valence electrons. The predicted octanol–water partition coefficient (Wildman–Crippen LogP) is 1.57. The van der Waals surface area contributed by atoms with Crippen molar-refractivity contribution in [3.05, 3.63) is 29.1 Å². The first-order valence-electron chi connectivity index (χ1n) is 9.54. The summed E-state index contributed by atoms with van der Waals surface area (Å²) in [5.74, 6) is 2.91. The molecule has 8 heteroatoms. The van der Waals surface area contributed by atoms with Gasteiger partial charge in [0.15, 0.2) is 11.8 Å². The van der Waals surface area contributed by atoms with Gasteiger partial charge in [0.2, 0.25) is 0 Å². The first-order chi connectivity index (χ1) is 12.7. The Morgan fingerprint density at radius 1 is 1.19 bits per heavy atom. The van der Waals surface area contributed by atoms with Crippen molar-refractivity contribution in [1.29, 1.82) is 0 Å². The molecular weight excluding hydrogens is 328 g/mol. The van der Waals surface area contributed by atoms with Crippen LogP contribution in [-0.2, 0) is 26.1 Å². The Balaban J connectivity index is 1.44. The molecule has 1 aliphatic heterocycles. The van der Waals surface area contributed by atoms with Crippen molar-refractivity contribution in [2.75, 3.05) is 13.6 Å². The molecule has 0 atom stereocenters. The van der Waals surface area contributed by atoms with E-state index in [1.807, 2.05) is 6.92 Å². The molecule has 0 fully saturated rings. The summed E-state index contributed by atoms with van der Waals surface area (Å²) in [4.78, 5) is 4.30. The predicted molar refractivity (Wildman–Crippen MR) is 102 cm³/mol. The van der Waals surface area contributed by atoms with E-state index in [9.17, 15) is 0 Å². The van der Waals surface area contributed by atoms with E-state index in [0.717, 1.165) is 55.8 Å². The fraction of sp³-hybridized carbons (Fsp3) is 0.667. The van der Waals surface area contributed by atoms with Crippen LogP contribution >= 0.6 is 0 Å². The smallest absolute Gasteiger partial charge is 0.191 e. The van der Waals surface area contributed by atoms with Gasteiger partial charge in [-0.2, -0.15) is 5.10 Å². The molecule has 0 radical (unpaired) electrons. The van der Waals surface area contributed by atoms with Crippen molar-refractivity contribution in [3.63, 3.8) is 0 Å². The number of aryl methyl sites for hydroxylation is 4. The number of fused-ring (bicyclic) bond motifs is 1. The van der Waals surface area contributed by atoms with Crippen LogP contribution in [0, 0.1) is 13.8 Å². The summed E-state index contributed by atoms with van der Waals surface area (Å²) in [7, 11) is 1.79. The van der Waals surface area contributed by atoms with E-state index in [1.165, 1.54) is 25.0 Å². The van der Waals surface area contributed by atoms with E-state index in [2.05, 4.69) is 53.2 Å². The molecule has 2 aromatic heterocycles. The second kappa shape index (κ2) is 8.82. The Bertz CT molecular complexity index is 742. The summed E-state index contributed by atoms with van der Waals surface area (Å²) in [6.07, 6.45) is 5.71. The molecule has 0 saturated carbocycles. The summed E-state index contributed by atoms with van der Waals surface area (Å²) in [6, 6.07) is 2.11. The Morgan fingerprint density at radius 3 is 2.85 bits per heavy atom. The highest BCUT2D eigenvalue weighted by molar-refractivity contribution is 5.79. The maximum atomic E-state index is 4.49. The summed E-state index contributed by atoms with van der Waals surface area (Å²) in [5.41, 5.74) is 2.28. The van der Waals surface area contributed by atoms with Gasteiger partial charge in [0, 0.05) is 38.8 Å². The normalized spacial score (nSPS) is 14.8. The van der Waals surface area contributed by atoms with E-state index in [-0.39, 0.29) is 0 Å². The molecule has 1 aliphatic rings. The van der Waals surface area contributed by atoms with E-state index in [4.69, 9.17) is 0 Å². The minimum Gasteiger partial charge on any atom is -0.356 e. The average Bonchev–Trinajstić information content (AvgIpc) is 3.06. The summed E-state index contributed by atoms with van der Waals surface area (Å²) < 4.78 is 4.31. The molecule has 0 saturated heterocycles. The second-order valence-corrected chi connectivity index (χ2v) is 6.85. The monoisotopic (exact) mass is 358 g/mol. The van der Waals surface area contributed by atoms with Gasteiger partial charge in [-0.3, -0.25) is 9.67 Å². The third kappa shape index (κ3) is 4.62. The van der Waals surface area contributed by atoms with E-state index < -0.39 is 0 Å². The average molecular weight is 358 g/mol. The van der Waals surface area contributed by atoms with Crippen molar-refractivity contribution in [2.24, 2.45) is 4.99 Å². The fourth-order valence-corrected chi connectivity index (χ4v) is 3.40. The number of guanidine groups is 1. The molecule has 0 amide bonds. The van der Waals surface area contributed by atoms with Gasteiger partial charge in [-0.05, 0) is 39.2 Å². The number of hydrogen-bond donors (Lipinski definition) is 2. The molecule has 0 aromatic carbocycles. The van der Waals surface area contributed by atoms with E-state index >= 15 is 0 Å². The van der Waals surface area contributed by atoms with Crippen molar-refractivity contribution in [3.8, 4) is 0 Å². The molecule has 2 aromatic rings. The van der Waals surface area contributed by atoms with Gasteiger partial charge in [0.1, 0.15) is 5.82 Å². The van der Waals surface area contributed by atoms with Crippen LogP contribution in [-0.4, -0.2) is 44.1 Å². The second-order valence-electron chi connectivity index (χ2n) is 6.85. The van der Waals surface area contributed by atoms with Gasteiger partial charge in [0.05, 0.1) is 12.2 Å². The molecule has 26 heavy (non-hydrogen) atoms. The van der Waals surface area contributed by atoms with Gasteiger partial charge < -0.3 is 15.2 Å². The van der Waals surface area contributed by atoms with Crippen LogP contribution in [0.2, 0.25) is 0 Å². The molecule has 0 unspecified atom stereocenters. The Labute approximate surface area is 155 Å². The van der Waals surface area contributed by atoms with Gasteiger partial charge in [-0.25, -0.2) is 0 Å². The molecule has 0 aliphatic carbocycles. The lowest BCUT2D eigenvalue weighted by molar-refractivity contribution is 0.554. The molecule has 2 N–H and O–H groups in total. The fourth-order valence-electron chi connectivity index (χ4n) is 3.40. The van der Waals surface area contributed by atoms with Crippen LogP contribution in [0.15, 0.2) is 11.1 Å². The first-order valence-corrected chi connectivity index (χ1v) is 9.54. The molecule has 0 spiro atoms. The van der Waals surface area contributed by atoms with Crippen molar-refractivity contribution in [1.82, 2.24) is 35.2 Å². The quantitative estimate of drug-likeness (QED) is 0.465. The van der Waals surface area contributed by atoms with Crippen molar-refractivity contribution in [2.45, 2.75) is 65.6 Å².